The molecule has 0 aliphatic carbocycles. The molecule has 4 atom stereocenters. The predicted molar refractivity (Wildman–Crippen MR) is 68.9 cm³/mol. The molecule has 12 nitrogen and oxygen atoms in total. The van der Waals surface area contributed by atoms with Gasteiger partial charge in [-0.3, -0.25) is 0 Å². The van der Waals surface area contributed by atoms with Crippen LogP contribution in [0.2, 0.25) is 0 Å². The van der Waals surface area contributed by atoms with Crippen LogP contribution in [0.5, 0.6) is 0 Å². The first kappa shape index (κ1) is 29.7. The van der Waals surface area contributed by atoms with E-state index in [0.717, 1.165) is 0 Å². The maximum atomic E-state index is 9.77. The molecule has 0 spiro atoms. The van der Waals surface area contributed by atoms with Crippen molar-refractivity contribution in [3.8, 4) is 0 Å². The summed E-state index contributed by atoms with van der Waals surface area (Å²) in [5.74, 6) is -7.07. The van der Waals surface area contributed by atoms with E-state index in [9.17, 15) is 19.2 Å². The van der Waals surface area contributed by atoms with E-state index in [1.54, 1.807) is 0 Å². The van der Waals surface area contributed by atoms with Crippen molar-refractivity contribution in [2.45, 2.75) is 24.4 Å². The second-order valence-corrected chi connectivity index (χ2v) is 3.13. The third-order valence-electron chi connectivity index (χ3n) is 1.61. The van der Waals surface area contributed by atoms with E-state index in [2.05, 4.69) is 0 Å². The first-order chi connectivity index (χ1) is 8.93. The molecule has 4 unspecified atom stereocenters. The van der Waals surface area contributed by atoms with Gasteiger partial charge in [0.25, 0.3) is 0 Å². The van der Waals surface area contributed by atoms with E-state index in [0.29, 0.717) is 0 Å². The van der Waals surface area contributed by atoms with Gasteiger partial charge in [-0.1, -0.05) is 0 Å². The Balaban J connectivity index is -0.000000135. The molecule has 8 N–H and O–H groups in total. The van der Waals surface area contributed by atoms with Crippen LogP contribution in [0.4, 0.5) is 0 Å². The molecule has 22 heavy (non-hydrogen) atoms. The van der Waals surface area contributed by atoms with Crippen LogP contribution in [-0.2, 0) is 19.2 Å². The van der Waals surface area contributed by atoms with Gasteiger partial charge >= 0.3 is 83.0 Å². The van der Waals surface area contributed by atoms with Crippen molar-refractivity contribution < 1.29 is 60.0 Å². The zero-order chi connectivity index (χ0) is 16.6. The van der Waals surface area contributed by atoms with Gasteiger partial charge < -0.3 is 40.9 Å². The van der Waals surface area contributed by atoms with Crippen LogP contribution in [0.3, 0.4) is 0 Å². The van der Waals surface area contributed by atoms with Gasteiger partial charge in [-0.15, -0.1) is 0 Å². The molecule has 120 valence electrons. The molecule has 0 fully saturated rings. The zero-order valence-electron chi connectivity index (χ0n) is 9.52. The minimum atomic E-state index is -2.27. The van der Waals surface area contributed by atoms with Crippen LogP contribution < -0.4 is 0 Å². The Morgan fingerprint density at radius 3 is 0.591 bits per heavy atom. The number of carboxylic acid groups (broad SMARTS) is 4. The van der Waals surface area contributed by atoms with Crippen molar-refractivity contribution in [2.75, 3.05) is 0 Å². The van der Waals surface area contributed by atoms with Crippen molar-refractivity contribution in [3.63, 3.8) is 0 Å². The molecule has 0 bridgehead atoms. The fraction of sp³-hybridized carbons (Fsp3) is 0.500. The van der Waals surface area contributed by atoms with Gasteiger partial charge in [0, 0.05) is 0 Å². The number of carboxylic acids is 4. The number of aliphatic hydroxyl groups is 4. The van der Waals surface area contributed by atoms with Crippen molar-refractivity contribution in [2.24, 2.45) is 0 Å². The summed E-state index contributed by atoms with van der Waals surface area (Å²) in [5, 5.41) is 65.1. The van der Waals surface area contributed by atoms with E-state index in [1.807, 2.05) is 0 Å². The Bertz CT molecular complexity index is 313. The summed E-state index contributed by atoms with van der Waals surface area (Å²) in [7, 11) is 0. The van der Waals surface area contributed by atoms with Gasteiger partial charge in [-0.05, 0) is 0 Å². The molecule has 0 saturated carbocycles. The standard InChI is InChI=1S/2C4H6O6.2Na.2H/c2*5-1(3(7)8)2(6)4(9)10;;;;/h2*1-2,5-6H,(H,7,8)(H,9,10);;;;. The Morgan fingerprint density at radius 1 is 0.455 bits per heavy atom. The molecule has 0 aromatic heterocycles. The average molecular weight is 348 g/mol. The summed E-state index contributed by atoms with van der Waals surface area (Å²) in [4.78, 5) is 39.1. The normalized spacial score (nSPS) is 14.4. The van der Waals surface area contributed by atoms with E-state index in [1.165, 1.54) is 0 Å². The van der Waals surface area contributed by atoms with Crippen molar-refractivity contribution in [1.82, 2.24) is 0 Å². The van der Waals surface area contributed by atoms with Crippen LogP contribution in [0.1, 0.15) is 0 Å². The molecule has 0 amide bonds. The van der Waals surface area contributed by atoms with Gasteiger partial charge in [0.1, 0.15) is 0 Å². The predicted octanol–water partition coefficient (Wildman–Crippen LogP) is -5.54. The van der Waals surface area contributed by atoms with Gasteiger partial charge in [-0.25, -0.2) is 19.2 Å². The number of hydrogen-bond donors (Lipinski definition) is 8. The molecule has 0 aliphatic rings. The number of rotatable bonds is 6. The summed E-state index contributed by atoms with van der Waals surface area (Å²) in [5.41, 5.74) is 0. The molecule has 0 rings (SSSR count). The van der Waals surface area contributed by atoms with Gasteiger partial charge in [-0.2, -0.15) is 0 Å². The first-order valence-corrected chi connectivity index (χ1v) is 4.57. The summed E-state index contributed by atoms with van der Waals surface area (Å²) in [6.07, 6.45) is -9.06. The molecule has 0 heterocycles. The first-order valence-electron chi connectivity index (χ1n) is 4.57. The number of hydrogen-bond acceptors (Lipinski definition) is 8. The second kappa shape index (κ2) is 14.3. The third-order valence-corrected chi connectivity index (χ3v) is 1.61. The average Bonchev–Trinajstić information content (AvgIpc) is 2.35. The van der Waals surface area contributed by atoms with Gasteiger partial charge in [0.15, 0.2) is 24.4 Å². The Morgan fingerprint density at radius 2 is 0.545 bits per heavy atom. The maximum absolute atomic E-state index is 9.77. The fourth-order valence-corrected chi connectivity index (χ4v) is 0.540. The van der Waals surface area contributed by atoms with Gasteiger partial charge in [0.05, 0.1) is 0 Å². The van der Waals surface area contributed by atoms with E-state index < -0.39 is 48.3 Å². The zero-order valence-corrected chi connectivity index (χ0v) is 9.52. The molecule has 0 aromatic carbocycles. The molecule has 0 aromatic rings. The number of aliphatic hydroxyl groups excluding tert-OH is 4. The second-order valence-electron chi connectivity index (χ2n) is 3.13. The van der Waals surface area contributed by atoms with E-state index in [-0.39, 0.29) is 59.1 Å². The molecule has 0 aliphatic heterocycles. The summed E-state index contributed by atoms with van der Waals surface area (Å²) >= 11 is 0. The topological polar surface area (TPSA) is 230 Å². The summed E-state index contributed by atoms with van der Waals surface area (Å²) < 4.78 is 0. The van der Waals surface area contributed by atoms with Gasteiger partial charge in [0.2, 0.25) is 0 Å². The number of aliphatic carboxylic acids is 4. The quantitative estimate of drug-likeness (QED) is 0.210. The molecule has 0 saturated heterocycles. The van der Waals surface area contributed by atoms with Crippen LogP contribution in [-0.4, -0.2) is 148 Å². The summed E-state index contributed by atoms with van der Waals surface area (Å²) in [6, 6.07) is 0. The van der Waals surface area contributed by atoms with Crippen molar-refractivity contribution >= 4 is 83.0 Å². The Labute approximate surface area is 166 Å². The minimum absolute atomic E-state index is 0. The van der Waals surface area contributed by atoms with Crippen LogP contribution in [0, 0.1) is 0 Å². The van der Waals surface area contributed by atoms with Crippen molar-refractivity contribution in [1.29, 1.82) is 0 Å². The fourth-order valence-electron chi connectivity index (χ4n) is 0.540. The Hall–Kier alpha value is -0.280. The third kappa shape index (κ3) is 12.3. The monoisotopic (exact) mass is 348 g/mol. The van der Waals surface area contributed by atoms with E-state index in [4.69, 9.17) is 40.9 Å². The number of carbonyl (C=O) groups is 4. The van der Waals surface area contributed by atoms with Crippen LogP contribution >= 0.6 is 0 Å². The van der Waals surface area contributed by atoms with Crippen LogP contribution in [0.15, 0.2) is 0 Å². The molecular weight excluding hydrogens is 334 g/mol. The van der Waals surface area contributed by atoms with Crippen LogP contribution in [0.25, 0.3) is 0 Å². The summed E-state index contributed by atoms with van der Waals surface area (Å²) in [6.45, 7) is 0. The molecule has 0 radical (unpaired) electrons. The molecule has 14 heteroatoms. The van der Waals surface area contributed by atoms with Crippen molar-refractivity contribution in [3.05, 3.63) is 0 Å². The Kier molecular flexibility index (Phi) is 19.3. The SMILES string of the molecule is O=C(O)C(O)C(O)C(=O)O.O=C(O)C(O)C(O)C(=O)O.[NaH].[NaH]. The van der Waals surface area contributed by atoms with E-state index >= 15 is 0 Å². The molecular formula is C8H14Na2O12.